The zero-order chi connectivity index (χ0) is 24.5. The molecule has 1 saturated heterocycles. The number of nitrogens with one attached hydrogen (secondary N) is 1. The molecule has 2 fully saturated rings. The second-order valence-corrected chi connectivity index (χ2v) is 10.6. The SMILES string of the molecule is C[C@@H]1C[C@H](C(=O)N(c2ccc(C3CC3)cc2)[C@@H](C(=O)NC(C)(C)C)c2cccnc2)N(C#N)C1. The average Bonchev–Trinajstić information content (AvgIpc) is 3.58. The smallest absolute Gasteiger partial charge is 0.251 e. The van der Waals surface area contributed by atoms with Gasteiger partial charge in [-0.25, -0.2) is 0 Å². The Labute approximate surface area is 201 Å². The van der Waals surface area contributed by atoms with Gasteiger partial charge in [-0.05, 0) is 75.6 Å². The fraction of sp³-hybridized carbons (Fsp3) is 0.481. The Morgan fingerprint density at radius 3 is 2.47 bits per heavy atom. The minimum absolute atomic E-state index is 0.216. The number of benzene rings is 1. The lowest BCUT2D eigenvalue weighted by molar-refractivity contribution is -0.129. The van der Waals surface area contributed by atoms with Crippen molar-refractivity contribution in [1.29, 1.82) is 5.26 Å². The molecular weight excluding hydrogens is 426 g/mol. The highest BCUT2D eigenvalue weighted by atomic mass is 16.2. The maximum absolute atomic E-state index is 14.1. The highest BCUT2D eigenvalue weighted by Gasteiger charge is 2.42. The van der Waals surface area contributed by atoms with E-state index in [1.54, 1.807) is 28.3 Å². The Morgan fingerprint density at radius 1 is 1.21 bits per heavy atom. The number of amides is 2. The molecule has 1 N–H and O–H groups in total. The van der Waals surface area contributed by atoms with Crippen LogP contribution >= 0.6 is 0 Å². The number of nitrogens with zero attached hydrogens (tertiary/aromatic N) is 4. The minimum Gasteiger partial charge on any atom is -0.349 e. The van der Waals surface area contributed by atoms with Gasteiger partial charge in [-0.1, -0.05) is 25.1 Å². The summed E-state index contributed by atoms with van der Waals surface area (Å²) >= 11 is 0. The van der Waals surface area contributed by atoms with Crippen LogP contribution in [-0.4, -0.2) is 39.8 Å². The van der Waals surface area contributed by atoms with Crippen molar-refractivity contribution in [3.05, 3.63) is 59.9 Å². The number of anilines is 1. The Bertz CT molecular complexity index is 1070. The van der Waals surface area contributed by atoms with Crippen molar-refractivity contribution in [2.45, 2.75) is 70.5 Å². The molecule has 2 aromatic rings. The van der Waals surface area contributed by atoms with E-state index in [4.69, 9.17) is 0 Å². The molecule has 0 unspecified atom stereocenters. The molecule has 3 atom stereocenters. The third-order valence-electron chi connectivity index (χ3n) is 6.39. The first-order valence-corrected chi connectivity index (χ1v) is 12.0. The molecule has 34 heavy (non-hydrogen) atoms. The highest BCUT2D eigenvalue weighted by Crippen LogP contribution is 2.41. The summed E-state index contributed by atoms with van der Waals surface area (Å²) in [5.41, 5.74) is 2.03. The van der Waals surface area contributed by atoms with Crippen molar-refractivity contribution in [3.63, 3.8) is 0 Å². The molecule has 2 amide bonds. The number of likely N-dealkylation sites (tertiary alicyclic amines) is 1. The summed E-state index contributed by atoms with van der Waals surface area (Å²) in [7, 11) is 0. The van der Waals surface area contributed by atoms with Crippen LogP contribution in [0.15, 0.2) is 48.8 Å². The molecule has 2 heterocycles. The summed E-state index contributed by atoms with van der Waals surface area (Å²) in [4.78, 5) is 35.1. The van der Waals surface area contributed by atoms with Crippen LogP contribution in [0.4, 0.5) is 5.69 Å². The number of hydrogen-bond acceptors (Lipinski definition) is 5. The lowest BCUT2D eigenvalue weighted by Crippen LogP contribution is -2.53. The molecule has 7 nitrogen and oxygen atoms in total. The molecule has 178 valence electrons. The van der Waals surface area contributed by atoms with Gasteiger partial charge in [0.25, 0.3) is 5.91 Å². The van der Waals surface area contributed by atoms with Crippen LogP contribution in [0.2, 0.25) is 0 Å². The van der Waals surface area contributed by atoms with Gasteiger partial charge in [0, 0.05) is 35.7 Å². The number of nitriles is 1. The van der Waals surface area contributed by atoms with E-state index in [-0.39, 0.29) is 17.7 Å². The van der Waals surface area contributed by atoms with Crippen LogP contribution < -0.4 is 10.2 Å². The van der Waals surface area contributed by atoms with E-state index in [1.807, 2.05) is 45.9 Å². The monoisotopic (exact) mass is 459 g/mol. The van der Waals surface area contributed by atoms with Gasteiger partial charge in [0.1, 0.15) is 12.1 Å². The van der Waals surface area contributed by atoms with Crippen LogP contribution in [0.25, 0.3) is 0 Å². The zero-order valence-corrected chi connectivity index (χ0v) is 20.4. The number of carbonyl (C=O) groups is 2. The molecule has 4 rings (SSSR count). The summed E-state index contributed by atoms with van der Waals surface area (Å²) < 4.78 is 0. The molecular formula is C27H33N5O2. The van der Waals surface area contributed by atoms with E-state index >= 15 is 0 Å². The third-order valence-corrected chi connectivity index (χ3v) is 6.39. The van der Waals surface area contributed by atoms with Crippen LogP contribution in [-0.2, 0) is 9.59 Å². The molecule has 1 aliphatic heterocycles. The van der Waals surface area contributed by atoms with Crippen molar-refractivity contribution in [2.24, 2.45) is 5.92 Å². The van der Waals surface area contributed by atoms with Gasteiger partial charge in [0.2, 0.25) is 5.91 Å². The summed E-state index contributed by atoms with van der Waals surface area (Å²) in [6.07, 6.45) is 8.41. The van der Waals surface area contributed by atoms with Gasteiger partial charge in [-0.2, -0.15) is 5.26 Å². The summed E-state index contributed by atoms with van der Waals surface area (Å²) in [5.74, 6) is 0.270. The van der Waals surface area contributed by atoms with Gasteiger partial charge in [0.15, 0.2) is 6.19 Å². The normalized spacial score (nSPS) is 21.0. The maximum atomic E-state index is 14.1. The third kappa shape index (κ3) is 5.22. The summed E-state index contributed by atoms with van der Waals surface area (Å²) in [5, 5.41) is 12.7. The first-order valence-electron chi connectivity index (χ1n) is 12.0. The van der Waals surface area contributed by atoms with Crippen LogP contribution in [0, 0.1) is 17.4 Å². The molecule has 1 aromatic carbocycles. The molecule has 0 spiro atoms. The summed E-state index contributed by atoms with van der Waals surface area (Å²) in [6, 6.07) is 10.0. The maximum Gasteiger partial charge on any atom is 0.251 e. The van der Waals surface area contributed by atoms with Crippen molar-refractivity contribution in [3.8, 4) is 6.19 Å². The molecule has 0 bridgehead atoms. The zero-order valence-electron chi connectivity index (χ0n) is 20.4. The molecule has 0 radical (unpaired) electrons. The topological polar surface area (TPSA) is 89.3 Å². The summed E-state index contributed by atoms with van der Waals surface area (Å²) in [6.45, 7) is 8.32. The average molecular weight is 460 g/mol. The second kappa shape index (κ2) is 9.46. The quantitative estimate of drug-likeness (QED) is 0.656. The first kappa shape index (κ1) is 23.7. The largest absolute Gasteiger partial charge is 0.349 e. The standard InChI is InChI=1S/C27H33N5O2/c1-18-14-23(31(16-18)17-28)26(34)32(22-11-9-20(10-12-22)19-7-8-19)24(21-6-5-13-29-15-21)25(33)30-27(2,3)4/h5-6,9-13,15,18-19,23-24H,7-8,14,16H2,1-4H3,(H,30,33)/t18-,23-,24-/m1/s1. The van der Waals surface area contributed by atoms with Crippen molar-refractivity contribution < 1.29 is 9.59 Å². The van der Waals surface area contributed by atoms with E-state index in [2.05, 4.69) is 28.6 Å². The van der Waals surface area contributed by atoms with Gasteiger partial charge < -0.3 is 5.32 Å². The predicted octanol–water partition coefficient (Wildman–Crippen LogP) is 4.14. The number of pyridine rings is 1. The fourth-order valence-electron chi connectivity index (χ4n) is 4.67. The number of hydrogen-bond donors (Lipinski definition) is 1. The minimum atomic E-state index is -0.913. The molecule has 1 aromatic heterocycles. The second-order valence-electron chi connectivity index (χ2n) is 10.6. The van der Waals surface area contributed by atoms with Gasteiger partial charge in [0.05, 0.1) is 0 Å². The van der Waals surface area contributed by atoms with Gasteiger partial charge in [-0.3, -0.25) is 24.4 Å². The van der Waals surface area contributed by atoms with E-state index in [0.29, 0.717) is 30.1 Å². The first-order chi connectivity index (χ1) is 16.2. The van der Waals surface area contributed by atoms with Crippen LogP contribution in [0.5, 0.6) is 0 Å². The fourth-order valence-corrected chi connectivity index (χ4v) is 4.67. The Balaban J connectivity index is 1.80. The number of rotatable bonds is 6. The van der Waals surface area contributed by atoms with Crippen molar-refractivity contribution in [1.82, 2.24) is 15.2 Å². The van der Waals surface area contributed by atoms with Crippen molar-refractivity contribution >= 4 is 17.5 Å². The molecule has 1 saturated carbocycles. The van der Waals surface area contributed by atoms with Crippen LogP contribution in [0.3, 0.4) is 0 Å². The van der Waals surface area contributed by atoms with E-state index < -0.39 is 17.6 Å². The highest BCUT2D eigenvalue weighted by molar-refractivity contribution is 6.04. The predicted molar refractivity (Wildman–Crippen MR) is 131 cm³/mol. The Kier molecular flexibility index (Phi) is 6.60. The molecule has 1 aliphatic carbocycles. The van der Waals surface area contributed by atoms with Crippen LogP contribution in [0.1, 0.15) is 70.0 Å². The molecule has 2 aliphatic rings. The van der Waals surface area contributed by atoms with Gasteiger partial charge in [-0.15, -0.1) is 0 Å². The lowest BCUT2D eigenvalue weighted by Gasteiger charge is -2.36. The Morgan fingerprint density at radius 2 is 1.91 bits per heavy atom. The van der Waals surface area contributed by atoms with E-state index in [0.717, 1.165) is 0 Å². The molecule has 7 heteroatoms. The number of carbonyl (C=O) groups excluding carboxylic acids is 2. The van der Waals surface area contributed by atoms with E-state index in [1.165, 1.54) is 18.4 Å². The van der Waals surface area contributed by atoms with E-state index in [9.17, 15) is 14.9 Å². The lowest BCUT2D eigenvalue weighted by atomic mass is 9.99. The number of aromatic nitrogens is 1. The van der Waals surface area contributed by atoms with Crippen molar-refractivity contribution in [2.75, 3.05) is 11.4 Å². The Hall–Kier alpha value is -3.40. The van der Waals surface area contributed by atoms with Gasteiger partial charge >= 0.3 is 0 Å².